The van der Waals surface area contributed by atoms with Gasteiger partial charge in [0.05, 0.1) is 25.4 Å². The van der Waals surface area contributed by atoms with E-state index in [0.29, 0.717) is 13.0 Å². The third kappa shape index (κ3) is 14.6. The Balaban J connectivity index is 4.49. The molecule has 0 aliphatic carbocycles. The van der Waals surface area contributed by atoms with Gasteiger partial charge in [-0.1, -0.05) is 13.8 Å². The minimum absolute atomic E-state index is 0.0649. The van der Waals surface area contributed by atoms with Crippen LogP contribution in [0.3, 0.4) is 0 Å². The van der Waals surface area contributed by atoms with Crippen molar-refractivity contribution in [1.29, 1.82) is 0 Å². The maximum Gasteiger partial charge on any atom is 0.472 e. The molecule has 12 nitrogen and oxygen atoms in total. The molecular weight excluding hydrogens is 473 g/mol. The Labute approximate surface area is 201 Å². The van der Waals surface area contributed by atoms with Gasteiger partial charge in [-0.2, -0.15) is 0 Å². The first-order valence-corrected chi connectivity index (χ1v) is 12.6. The molecule has 0 bridgehead atoms. The smallest absolute Gasteiger partial charge is 0.462 e. The molecule has 0 saturated carbocycles. The van der Waals surface area contributed by atoms with Gasteiger partial charge in [0, 0.05) is 26.5 Å². The summed E-state index contributed by atoms with van der Waals surface area (Å²) < 4.78 is 42.6. The molecule has 13 heteroatoms. The summed E-state index contributed by atoms with van der Waals surface area (Å²) in [6.07, 6.45) is -0.307. The normalized spacial score (nSPS) is 14.7. The van der Waals surface area contributed by atoms with Crippen LogP contribution in [-0.4, -0.2) is 80.1 Å². The van der Waals surface area contributed by atoms with Crippen LogP contribution in [0.4, 0.5) is 0 Å². The fourth-order valence-electron chi connectivity index (χ4n) is 2.15. The van der Waals surface area contributed by atoms with E-state index in [1.54, 1.807) is 34.8 Å². The highest BCUT2D eigenvalue weighted by molar-refractivity contribution is 7.47. The van der Waals surface area contributed by atoms with Crippen molar-refractivity contribution in [2.75, 3.05) is 40.1 Å². The van der Waals surface area contributed by atoms with Gasteiger partial charge < -0.3 is 29.2 Å². The maximum absolute atomic E-state index is 12.3. The number of ether oxygens (including phenoxy) is 4. The second kappa shape index (κ2) is 15.4. The number of rotatable bonds is 18. The lowest BCUT2D eigenvalue weighted by Crippen LogP contribution is -2.46. The lowest BCUT2D eigenvalue weighted by molar-refractivity contribution is -0.160. The second-order valence-electron chi connectivity index (χ2n) is 8.43. The lowest BCUT2D eigenvalue weighted by atomic mass is 10.1. The average molecular weight is 514 g/mol. The van der Waals surface area contributed by atoms with Gasteiger partial charge in [-0.3, -0.25) is 23.4 Å². The largest absolute Gasteiger partial charge is 0.472 e. The summed E-state index contributed by atoms with van der Waals surface area (Å²) in [6, 6.07) is 0. The van der Waals surface area contributed by atoms with Crippen LogP contribution in [0, 0.1) is 0 Å². The third-order valence-corrected chi connectivity index (χ3v) is 5.62. The monoisotopic (exact) mass is 513 g/mol. The summed E-state index contributed by atoms with van der Waals surface area (Å²) >= 11 is 0. The number of carbonyl (C=O) groups excluding carboxylic acids is 3. The molecule has 0 aliphatic heterocycles. The van der Waals surface area contributed by atoms with Crippen molar-refractivity contribution in [3.63, 3.8) is 0 Å². The number of nitrogens with one attached hydrogen (secondary N) is 1. The van der Waals surface area contributed by atoms with Crippen LogP contribution < -0.4 is 5.32 Å². The Morgan fingerprint density at radius 3 is 2.15 bits per heavy atom. The molecule has 0 aromatic rings. The van der Waals surface area contributed by atoms with Gasteiger partial charge in [-0.25, -0.2) is 4.57 Å². The van der Waals surface area contributed by atoms with Gasteiger partial charge in [0.2, 0.25) is 0 Å². The number of amides is 1. The average Bonchev–Trinajstić information content (AvgIpc) is 2.77. The van der Waals surface area contributed by atoms with Gasteiger partial charge in [0.25, 0.3) is 5.91 Å². The van der Waals surface area contributed by atoms with Crippen LogP contribution in [0.25, 0.3) is 0 Å². The van der Waals surface area contributed by atoms with E-state index in [1.165, 1.54) is 0 Å². The van der Waals surface area contributed by atoms with Crippen molar-refractivity contribution in [1.82, 2.24) is 5.32 Å². The summed E-state index contributed by atoms with van der Waals surface area (Å²) in [4.78, 5) is 45.0. The van der Waals surface area contributed by atoms with Crippen LogP contribution >= 0.6 is 7.82 Å². The van der Waals surface area contributed by atoms with Crippen LogP contribution in [0.1, 0.15) is 60.8 Å². The minimum Gasteiger partial charge on any atom is -0.462 e. The molecule has 2 atom stereocenters. The second-order valence-corrected chi connectivity index (χ2v) is 9.88. The first kappa shape index (κ1) is 32.4. The van der Waals surface area contributed by atoms with Gasteiger partial charge in [-0.05, 0) is 34.1 Å². The zero-order chi connectivity index (χ0) is 26.4. The first-order valence-electron chi connectivity index (χ1n) is 11.1. The molecule has 2 N–H and O–H groups in total. The van der Waals surface area contributed by atoms with E-state index >= 15 is 0 Å². The zero-order valence-corrected chi connectivity index (χ0v) is 22.1. The highest BCUT2D eigenvalue weighted by Crippen LogP contribution is 2.43. The number of phosphoric acid groups is 1. The molecule has 0 radical (unpaired) electrons. The van der Waals surface area contributed by atoms with E-state index in [2.05, 4.69) is 5.32 Å². The standard InChI is InChI=1S/C21H40NO11P/c1-8-17(23)29-14-16(33-18(24)9-2)15-32-34(26,27)31-13-11-22-19(25)21(5,6)30-12-10-20(3,4)28-7/h16H,8-15H2,1-7H3,(H,22,25)(H,26,27). The number of methoxy groups -OCH3 is 1. The SMILES string of the molecule is CCC(=O)OCC(COP(=O)(O)OCCNC(=O)C(C)(C)OCCC(C)(C)OC)OC(=O)CC. The Kier molecular flexibility index (Phi) is 14.7. The summed E-state index contributed by atoms with van der Waals surface area (Å²) in [5, 5.41) is 2.56. The molecule has 0 fully saturated rings. The molecule has 0 aromatic carbocycles. The number of esters is 2. The molecule has 0 spiro atoms. The van der Waals surface area contributed by atoms with E-state index < -0.39 is 44.0 Å². The zero-order valence-electron chi connectivity index (χ0n) is 21.2. The van der Waals surface area contributed by atoms with E-state index in [9.17, 15) is 23.8 Å². The molecular formula is C21H40NO11P. The van der Waals surface area contributed by atoms with Crippen molar-refractivity contribution < 1.29 is 51.8 Å². The Hall–Kier alpha value is -1.56. The molecule has 0 aromatic heterocycles. The lowest BCUT2D eigenvalue weighted by Gasteiger charge is -2.28. The Bertz CT molecular complexity index is 696. The van der Waals surface area contributed by atoms with Crippen molar-refractivity contribution in [2.45, 2.75) is 78.1 Å². The van der Waals surface area contributed by atoms with Crippen LogP contribution in [0.5, 0.6) is 0 Å². The molecule has 0 aliphatic rings. The molecule has 1 amide bonds. The molecule has 2 unspecified atom stereocenters. The van der Waals surface area contributed by atoms with Crippen LogP contribution in [0.2, 0.25) is 0 Å². The Morgan fingerprint density at radius 1 is 0.971 bits per heavy atom. The van der Waals surface area contributed by atoms with Crippen molar-refractivity contribution in [3.05, 3.63) is 0 Å². The molecule has 0 saturated heterocycles. The first-order chi connectivity index (χ1) is 15.7. The fourth-order valence-corrected chi connectivity index (χ4v) is 2.90. The quantitative estimate of drug-likeness (QED) is 0.157. The van der Waals surface area contributed by atoms with Crippen LogP contribution in [-0.2, 0) is 46.9 Å². The van der Waals surface area contributed by atoms with Gasteiger partial charge >= 0.3 is 19.8 Å². The summed E-state index contributed by atoms with van der Waals surface area (Å²) in [6.45, 7) is 9.23. The molecule has 0 heterocycles. The van der Waals surface area contributed by atoms with E-state index in [-0.39, 0.29) is 38.2 Å². The third-order valence-electron chi connectivity index (χ3n) is 4.64. The highest BCUT2D eigenvalue weighted by Gasteiger charge is 2.30. The van der Waals surface area contributed by atoms with Gasteiger partial charge in [-0.15, -0.1) is 0 Å². The van der Waals surface area contributed by atoms with Crippen molar-refractivity contribution >= 4 is 25.7 Å². The van der Waals surface area contributed by atoms with Gasteiger partial charge in [0.15, 0.2) is 6.10 Å². The topological polar surface area (TPSA) is 156 Å². The predicted molar refractivity (Wildman–Crippen MR) is 122 cm³/mol. The predicted octanol–water partition coefficient (Wildman–Crippen LogP) is 2.12. The van der Waals surface area contributed by atoms with Gasteiger partial charge in [0.1, 0.15) is 12.2 Å². The highest BCUT2D eigenvalue weighted by atomic mass is 31.2. The Morgan fingerprint density at radius 2 is 1.59 bits per heavy atom. The van der Waals surface area contributed by atoms with E-state index in [0.717, 1.165) is 0 Å². The van der Waals surface area contributed by atoms with Crippen molar-refractivity contribution in [3.8, 4) is 0 Å². The summed E-state index contributed by atoms with van der Waals surface area (Å²) in [7, 11) is -2.92. The van der Waals surface area contributed by atoms with Crippen molar-refractivity contribution in [2.24, 2.45) is 0 Å². The summed E-state index contributed by atoms with van der Waals surface area (Å²) in [5.41, 5.74) is -1.51. The number of hydrogen-bond donors (Lipinski definition) is 2. The molecule has 0 rings (SSSR count). The minimum atomic E-state index is -4.52. The number of hydrogen-bond acceptors (Lipinski definition) is 10. The summed E-state index contributed by atoms with van der Waals surface area (Å²) in [5.74, 6) is -1.54. The molecule has 34 heavy (non-hydrogen) atoms. The fraction of sp³-hybridized carbons (Fsp3) is 0.857. The number of phosphoric ester groups is 1. The maximum atomic E-state index is 12.3. The number of carbonyl (C=O) groups is 3. The molecule has 200 valence electrons. The van der Waals surface area contributed by atoms with E-state index in [4.69, 9.17) is 28.0 Å². The van der Waals surface area contributed by atoms with E-state index in [1.807, 2.05) is 13.8 Å². The van der Waals surface area contributed by atoms with Crippen LogP contribution in [0.15, 0.2) is 0 Å².